The van der Waals surface area contributed by atoms with Gasteiger partial charge in [-0.3, -0.25) is 10.1 Å². The standard InChI is InChI=1S/C12H11FN2O4/c1-3-4-7(2)14-10-6-9(13)8(12(16)17)5-11(10)15(18)19/h1,5-7,14H,4H2,2H3,(H,16,17). The van der Waals surface area contributed by atoms with Gasteiger partial charge in [0.2, 0.25) is 0 Å². The average molecular weight is 266 g/mol. The Morgan fingerprint density at radius 1 is 1.68 bits per heavy atom. The molecule has 0 heterocycles. The molecule has 1 unspecified atom stereocenters. The molecule has 1 aromatic carbocycles. The zero-order valence-corrected chi connectivity index (χ0v) is 10.0. The van der Waals surface area contributed by atoms with Gasteiger partial charge in [0.15, 0.2) is 0 Å². The van der Waals surface area contributed by atoms with Crippen molar-refractivity contribution in [1.29, 1.82) is 0 Å². The van der Waals surface area contributed by atoms with E-state index in [9.17, 15) is 19.3 Å². The lowest BCUT2D eigenvalue weighted by Crippen LogP contribution is -2.16. The molecule has 1 atom stereocenters. The molecule has 0 spiro atoms. The number of nitro benzene ring substituents is 1. The van der Waals surface area contributed by atoms with Crippen molar-refractivity contribution in [3.8, 4) is 12.3 Å². The van der Waals surface area contributed by atoms with E-state index in [2.05, 4.69) is 11.2 Å². The maximum atomic E-state index is 13.5. The van der Waals surface area contributed by atoms with E-state index in [1.54, 1.807) is 6.92 Å². The minimum Gasteiger partial charge on any atom is -0.478 e. The van der Waals surface area contributed by atoms with Crippen molar-refractivity contribution in [2.75, 3.05) is 5.32 Å². The molecular weight excluding hydrogens is 255 g/mol. The van der Waals surface area contributed by atoms with Crippen LogP contribution in [0.3, 0.4) is 0 Å². The largest absolute Gasteiger partial charge is 0.478 e. The lowest BCUT2D eigenvalue weighted by atomic mass is 10.1. The number of terminal acetylenes is 1. The van der Waals surface area contributed by atoms with Crippen LogP contribution in [0.4, 0.5) is 15.8 Å². The van der Waals surface area contributed by atoms with Crippen LogP contribution in [0, 0.1) is 28.3 Å². The highest BCUT2D eigenvalue weighted by atomic mass is 19.1. The number of benzene rings is 1. The molecule has 1 aromatic rings. The van der Waals surface area contributed by atoms with Crippen LogP contribution in [0.15, 0.2) is 12.1 Å². The van der Waals surface area contributed by atoms with Crippen LogP contribution in [0.25, 0.3) is 0 Å². The molecule has 1 rings (SSSR count). The molecule has 0 radical (unpaired) electrons. The first-order valence-electron chi connectivity index (χ1n) is 5.28. The van der Waals surface area contributed by atoms with E-state index in [4.69, 9.17) is 11.5 Å². The summed E-state index contributed by atoms with van der Waals surface area (Å²) in [6, 6.07) is 1.16. The van der Waals surface area contributed by atoms with Crippen molar-refractivity contribution < 1.29 is 19.2 Å². The predicted molar refractivity (Wildman–Crippen MR) is 66.5 cm³/mol. The van der Waals surface area contributed by atoms with Crippen LogP contribution >= 0.6 is 0 Å². The number of halogens is 1. The zero-order chi connectivity index (χ0) is 14.6. The number of hydrogen-bond acceptors (Lipinski definition) is 4. The van der Waals surface area contributed by atoms with E-state index in [0.717, 1.165) is 6.07 Å². The Morgan fingerprint density at radius 2 is 2.32 bits per heavy atom. The van der Waals surface area contributed by atoms with E-state index in [1.165, 1.54) is 0 Å². The first kappa shape index (κ1) is 14.4. The summed E-state index contributed by atoms with van der Waals surface area (Å²) in [5.41, 5.74) is -1.36. The maximum Gasteiger partial charge on any atom is 0.338 e. The van der Waals surface area contributed by atoms with Gasteiger partial charge in [0.05, 0.1) is 4.92 Å². The van der Waals surface area contributed by atoms with E-state index in [1.807, 2.05) is 0 Å². The predicted octanol–water partition coefficient (Wildman–Crippen LogP) is 2.26. The zero-order valence-electron chi connectivity index (χ0n) is 10.0. The first-order valence-corrected chi connectivity index (χ1v) is 5.28. The molecule has 0 saturated carbocycles. The minimum atomic E-state index is -1.57. The molecule has 0 fully saturated rings. The second kappa shape index (κ2) is 5.82. The van der Waals surface area contributed by atoms with Crippen molar-refractivity contribution in [3.05, 3.63) is 33.6 Å². The van der Waals surface area contributed by atoms with Crippen LogP contribution < -0.4 is 5.32 Å². The molecule has 0 bridgehead atoms. The van der Waals surface area contributed by atoms with Gasteiger partial charge in [-0.1, -0.05) is 0 Å². The van der Waals surface area contributed by atoms with Gasteiger partial charge in [0, 0.05) is 24.6 Å². The summed E-state index contributed by atoms with van der Waals surface area (Å²) >= 11 is 0. The Bertz CT molecular complexity index is 566. The van der Waals surface area contributed by atoms with Crippen LogP contribution in [0.2, 0.25) is 0 Å². The monoisotopic (exact) mass is 266 g/mol. The van der Waals surface area contributed by atoms with Crippen molar-refractivity contribution >= 4 is 17.3 Å². The third kappa shape index (κ3) is 3.42. The van der Waals surface area contributed by atoms with Gasteiger partial charge in [-0.05, 0) is 6.92 Å². The number of rotatable bonds is 5. The molecule has 0 aromatic heterocycles. The number of nitrogens with zero attached hydrogens (tertiary/aromatic N) is 1. The molecule has 6 nitrogen and oxygen atoms in total. The van der Waals surface area contributed by atoms with Gasteiger partial charge in [-0.2, -0.15) is 0 Å². The summed E-state index contributed by atoms with van der Waals surface area (Å²) in [4.78, 5) is 20.8. The number of carbonyl (C=O) groups is 1. The van der Waals surface area contributed by atoms with Crippen molar-refractivity contribution in [2.24, 2.45) is 0 Å². The number of nitrogens with one attached hydrogen (secondary N) is 1. The van der Waals surface area contributed by atoms with Gasteiger partial charge in [0.25, 0.3) is 5.69 Å². The molecule has 7 heteroatoms. The SMILES string of the molecule is C#CCC(C)Nc1cc(F)c(C(=O)O)cc1[N+](=O)[O-]. The highest BCUT2D eigenvalue weighted by molar-refractivity contribution is 5.90. The lowest BCUT2D eigenvalue weighted by Gasteiger charge is -2.13. The minimum absolute atomic E-state index is 0.102. The second-order valence-corrected chi connectivity index (χ2v) is 3.87. The molecule has 100 valence electrons. The summed E-state index contributed by atoms with van der Waals surface area (Å²) < 4.78 is 13.5. The van der Waals surface area contributed by atoms with E-state index < -0.39 is 28.0 Å². The molecule has 0 aliphatic heterocycles. The highest BCUT2D eigenvalue weighted by Gasteiger charge is 2.22. The van der Waals surface area contributed by atoms with Crippen molar-refractivity contribution in [3.63, 3.8) is 0 Å². The summed E-state index contributed by atoms with van der Waals surface area (Å²) in [5.74, 6) is -0.253. The number of nitro groups is 1. The van der Waals surface area contributed by atoms with Crippen molar-refractivity contribution in [2.45, 2.75) is 19.4 Å². The van der Waals surface area contributed by atoms with Crippen LogP contribution in [0.1, 0.15) is 23.7 Å². The summed E-state index contributed by atoms with van der Waals surface area (Å²) in [7, 11) is 0. The van der Waals surface area contributed by atoms with Gasteiger partial charge in [-0.25, -0.2) is 9.18 Å². The Morgan fingerprint density at radius 3 is 2.79 bits per heavy atom. The fourth-order valence-electron chi connectivity index (χ4n) is 1.49. The normalized spacial score (nSPS) is 11.4. The van der Waals surface area contributed by atoms with Crippen LogP contribution in [-0.4, -0.2) is 22.0 Å². The van der Waals surface area contributed by atoms with E-state index >= 15 is 0 Å². The topological polar surface area (TPSA) is 92.5 Å². The molecule has 0 aliphatic rings. The lowest BCUT2D eigenvalue weighted by molar-refractivity contribution is -0.384. The van der Waals surface area contributed by atoms with E-state index in [0.29, 0.717) is 12.5 Å². The summed E-state index contributed by atoms with van der Waals surface area (Å²) in [6.07, 6.45) is 5.39. The average Bonchev–Trinajstić information content (AvgIpc) is 2.28. The third-order valence-corrected chi connectivity index (χ3v) is 2.34. The Kier molecular flexibility index (Phi) is 4.42. The molecular formula is C12H11FN2O4. The van der Waals surface area contributed by atoms with Gasteiger partial charge < -0.3 is 10.4 Å². The Labute approximate surface area is 108 Å². The van der Waals surface area contributed by atoms with Crippen LogP contribution in [-0.2, 0) is 0 Å². The quantitative estimate of drug-likeness (QED) is 0.484. The Hall–Kier alpha value is -2.62. The summed E-state index contributed by atoms with van der Waals surface area (Å²) in [6.45, 7) is 1.67. The number of hydrogen-bond donors (Lipinski definition) is 2. The third-order valence-electron chi connectivity index (χ3n) is 2.34. The number of carboxylic acid groups (broad SMARTS) is 1. The maximum absolute atomic E-state index is 13.5. The Balaban J connectivity index is 3.24. The van der Waals surface area contributed by atoms with Gasteiger partial charge in [-0.15, -0.1) is 12.3 Å². The number of carboxylic acids is 1. The van der Waals surface area contributed by atoms with Crippen molar-refractivity contribution in [1.82, 2.24) is 0 Å². The second-order valence-electron chi connectivity index (χ2n) is 3.87. The number of anilines is 1. The molecule has 0 amide bonds. The molecule has 19 heavy (non-hydrogen) atoms. The van der Waals surface area contributed by atoms with E-state index in [-0.39, 0.29) is 11.7 Å². The van der Waals surface area contributed by atoms with Gasteiger partial charge in [0.1, 0.15) is 17.1 Å². The molecule has 0 aliphatic carbocycles. The van der Waals surface area contributed by atoms with Crippen LogP contribution in [0.5, 0.6) is 0 Å². The fraction of sp³-hybridized carbons (Fsp3) is 0.250. The molecule has 2 N–H and O–H groups in total. The fourth-order valence-corrected chi connectivity index (χ4v) is 1.49. The summed E-state index contributed by atoms with van der Waals surface area (Å²) in [5, 5.41) is 22.3. The highest BCUT2D eigenvalue weighted by Crippen LogP contribution is 2.28. The molecule has 0 saturated heterocycles. The smallest absolute Gasteiger partial charge is 0.338 e. The number of aromatic carboxylic acids is 1. The van der Waals surface area contributed by atoms with Gasteiger partial charge >= 0.3 is 5.97 Å². The first-order chi connectivity index (χ1) is 8.86.